The molecule has 2 fully saturated rings. The standard InChI is InChI=1S/C18H24FN3O3/c1-21(2)16(23)15-7-8-18(25-15)9-11-22(12-10-18)17(24)20-14-5-3-13(19)4-6-14/h3-6,15H,7-12H2,1-2H3,(H,20,24)/t15-/m1/s1. The summed E-state index contributed by atoms with van der Waals surface area (Å²) in [6.07, 6.45) is 2.67. The van der Waals surface area contributed by atoms with Crippen LogP contribution in [0.2, 0.25) is 0 Å². The highest BCUT2D eigenvalue weighted by Crippen LogP contribution is 2.39. The number of amides is 3. The number of nitrogens with one attached hydrogen (secondary N) is 1. The summed E-state index contributed by atoms with van der Waals surface area (Å²) in [6.45, 7) is 1.16. The fourth-order valence-corrected chi connectivity index (χ4v) is 3.50. The van der Waals surface area contributed by atoms with Crippen molar-refractivity contribution in [2.75, 3.05) is 32.5 Å². The molecule has 7 heteroatoms. The summed E-state index contributed by atoms with van der Waals surface area (Å²) in [5, 5.41) is 2.78. The number of carbonyl (C=O) groups excluding carboxylic acids is 2. The van der Waals surface area contributed by atoms with Gasteiger partial charge in [0.2, 0.25) is 0 Å². The Labute approximate surface area is 146 Å². The van der Waals surface area contributed by atoms with Gasteiger partial charge in [0.1, 0.15) is 11.9 Å². The Balaban J connectivity index is 1.52. The third-order valence-corrected chi connectivity index (χ3v) is 5.03. The fourth-order valence-electron chi connectivity index (χ4n) is 3.50. The Bertz CT molecular complexity index is 639. The monoisotopic (exact) mass is 349 g/mol. The lowest BCUT2D eigenvalue weighted by atomic mass is 9.88. The van der Waals surface area contributed by atoms with Crippen molar-refractivity contribution in [1.29, 1.82) is 0 Å². The second kappa shape index (κ2) is 7.00. The van der Waals surface area contributed by atoms with Gasteiger partial charge in [0.05, 0.1) is 5.60 Å². The molecule has 1 spiro atoms. The molecule has 6 nitrogen and oxygen atoms in total. The number of nitrogens with zero attached hydrogens (tertiary/aromatic N) is 2. The maximum Gasteiger partial charge on any atom is 0.321 e. The van der Waals surface area contributed by atoms with Gasteiger partial charge in [0.15, 0.2) is 0 Å². The van der Waals surface area contributed by atoms with Gasteiger partial charge in [-0.2, -0.15) is 0 Å². The van der Waals surface area contributed by atoms with Crippen molar-refractivity contribution in [3.63, 3.8) is 0 Å². The van der Waals surface area contributed by atoms with E-state index in [2.05, 4.69) is 5.32 Å². The number of hydrogen-bond acceptors (Lipinski definition) is 3. The first kappa shape index (κ1) is 17.7. The Morgan fingerprint density at radius 2 is 1.84 bits per heavy atom. The number of piperidine rings is 1. The lowest BCUT2D eigenvalue weighted by Gasteiger charge is -2.39. The molecule has 0 aromatic heterocycles. The zero-order valence-electron chi connectivity index (χ0n) is 14.6. The average molecular weight is 349 g/mol. The van der Waals surface area contributed by atoms with Crippen molar-refractivity contribution in [1.82, 2.24) is 9.80 Å². The van der Waals surface area contributed by atoms with E-state index in [9.17, 15) is 14.0 Å². The average Bonchev–Trinajstić information content (AvgIpc) is 3.00. The summed E-state index contributed by atoms with van der Waals surface area (Å²) in [7, 11) is 3.47. The van der Waals surface area contributed by atoms with Crippen LogP contribution in [-0.4, -0.2) is 60.6 Å². The summed E-state index contributed by atoms with van der Waals surface area (Å²) >= 11 is 0. The number of likely N-dealkylation sites (tertiary alicyclic amines) is 1. The molecule has 1 atom stereocenters. The van der Waals surface area contributed by atoms with E-state index in [1.165, 1.54) is 24.3 Å². The number of anilines is 1. The largest absolute Gasteiger partial charge is 0.362 e. The lowest BCUT2D eigenvalue weighted by Crippen LogP contribution is -2.48. The van der Waals surface area contributed by atoms with Gasteiger partial charge >= 0.3 is 6.03 Å². The SMILES string of the molecule is CN(C)C(=O)[C@H]1CCC2(CCN(C(=O)Nc3ccc(F)cc3)CC2)O1. The first-order chi connectivity index (χ1) is 11.9. The molecule has 1 aromatic rings. The number of hydrogen-bond donors (Lipinski definition) is 1. The van der Waals surface area contributed by atoms with Gasteiger partial charge in [0.25, 0.3) is 5.91 Å². The predicted molar refractivity (Wildman–Crippen MR) is 91.8 cm³/mol. The number of halogens is 1. The van der Waals surface area contributed by atoms with E-state index in [0.717, 1.165) is 25.7 Å². The zero-order valence-corrected chi connectivity index (χ0v) is 14.6. The fraction of sp³-hybridized carbons (Fsp3) is 0.556. The Kier molecular flexibility index (Phi) is 4.94. The molecule has 25 heavy (non-hydrogen) atoms. The Morgan fingerprint density at radius 3 is 2.44 bits per heavy atom. The highest BCUT2D eigenvalue weighted by atomic mass is 19.1. The van der Waals surface area contributed by atoms with Crippen LogP contribution in [0.15, 0.2) is 24.3 Å². The number of likely N-dealkylation sites (N-methyl/N-ethyl adjacent to an activating group) is 1. The van der Waals surface area contributed by atoms with Gasteiger partial charge in [-0.1, -0.05) is 0 Å². The molecular weight excluding hydrogens is 325 g/mol. The number of ether oxygens (including phenoxy) is 1. The molecule has 0 aliphatic carbocycles. The van der Waals surface area contributed by atoms with Crippen molar-refractivity contribution in [2.45, 2.75) is 37.4 Å². The molecule has 2 saturated heterocycles. The molecule has 136 valence electrons. The van der Waals surface area contributed by atoms with Crippen LogP contribution in [0.4, 0.5) is 14.9 Å². The van der Waals surface area contributed by atoms with E-state index >= 15 is 0 Å². The molecule has 0 radical (unpaired) electrons. The maximum absolute atomic E-state index is 12.9. The van der Waals surface area contributed by atoms with E-state index in [-0.39, 0.29) is 29.5 Å². The van der Waals surface area contributed by atoms with Crippen LogP contribution in [0.25, 0.3) is 0 Å². The second-order valence-electron chi connectivity index (χ2n) is 6.98. The minimum absolute atomic E-state index is 0.00774. The molecule has 2 aliphatic rings. The molecule has 0 bridgehead atoms. The van der Waals surface area contributed by atoms with Crippen molar-refractivity contribution < 1.29 is 18.7 Å². The van der Waals surface area contributed by atoms with Gasteiger partial charge in [-0.3, -0.25) is 4.79 Å². The van der Waals surface area contributed by atoms with Crippen molar-refractivity contribution in [3.05, 3.63) is 30.1 Å². The second-order valence-corrected chi connectivity index (χ2v) is 6.98. The quantitative estimate of drug-likeness (QED) is 0.892. The molecular formula is C18H24FN3O3. The van der Waals surface area contributed by atoms with E-state index in [4.69, 9.17) is 4.74 Å². The number of carbonyl (C=O) groups is 2. The van der Waals surface area contributed by atoms with Crippen LogP contribution in [0.1, 0.15) is 25.7 Å². The number of benzene rings is 1. The van der Waals surface area contributed by atoms with E-state index < -0.39 is 0 Å². The molecule has 1 N–H and O–H groups in total. The third kappa shape index (κ3) is 3.92. The summed E-state index contributed by atoms with van der Waals surface area (Å²) in [5.41, 5.74) is 0.281. The highest BCUT2D eigenvalue weighted by Gasteiger charge is 2.45. The first-order valence-electron chi connectivity index (χ1n) is 8.59. The van der Waals surface area contributed by atoms with Crippen LogP contribution < -0.4 is 5.32 Å². The molecule has 3 amide bonds. The van der Waals surface area contributed by atoms with Crippen LogP contribution >= 0.6 is 0 Å². The van der Waals surface area contributed by atoms with Crippen LogP contribution in [-0.2, 0) is 9.53 Å². The smallest absolute Gasteiger partial charge is 0.321 e. The molecule has 0 unspecified atom stereocenters. The topological polar surface area (TPSA) is 61.9 Å². The zero-order chi connectivity index (χ0) is 18.0. The number of rotatable bonds is 2. The van der Waals surface area contributed by atoms with Crippen LogP contribution in [0.5, 0.6) is 0 Å². The molecule has 1 aromatic carbocycles. The van der Waals surface area contributed by atoms with Gasteiger partial charge in [-0.25, -0.2) is 9.18 Å². The molecule has 2 heterocycles. The molecule has 2 aliphatic heterocycles. The van der Waals surface area contributed by atoms with Gasteiger partial charge in [0, 0.05) is 32.9 Å². The number of urea groups is 1. The minimum atomic E-state index is -0.366. The Hall–Kier alpha value is -2.15. The first-order valence-corrected chi connectivity index (χ1v) is 8.59. The third-order valence-electron chi connectivity index (χ3n) is 5.03. The van der Waals surface area contributed by atoms with Crippen LogP contribution in [0, 0.1) is 5.82 Å². The summed E-state index contributed by atoms with van der Waals surface area (Å²) in [4.78, 5) is 27.7. The lowest BCUT2D eigenvalue weighted by molar-refractivity contribution is -0.148. The van der Waals surface area contributed by atoms with E-state index in [1.807, 2.05) is 0 Å². The van der Waals surface area contributed by atoms with Gasteiger partial charge < -0.3 is 19.9 Å². The van der Waals surface area contributed by atoms with Crippen LogP contribution in [0.3, 0.4) is 0 Å². The van der Waals surface area contributed by atoms with E-state index in [0.29, 0.717) is 18.8 Å². The minimum Gasteiger partial charge on any atom is -0.362 e. The van der Waals surface area contributed by atoms with Crippen molar-refractivity contribution in [3.8, 4) is 0 Å². The summed E-state index contributed by atoms with van der Waals surface area (Å²) in [5.74, 6) is -0.327. The normalized spacial score (nSPS) is 22.0. The van der Waals surface area contributed by atoms with Gasteiger partial charge in [-0.15, -0.1) is 0 Å². The predicted octanol–water partition coefficient (Wildman–Crippen LogP) is 2.46. The van der Waals surface area contributed by atoms with E-state index in [1.54, 1.807) is 23.9 Å². The maximum atomic E-state index is 12.9. The van der Waals surface area contributed by atoms with Crippen molar-refractivity contribution >= 4 is 17.6 Å². The summed E-state index contributed by atoms with van der Waals surface area (Å²) in [6, 6.07) is 5.51. The molecule has 3 rings (SSSR count). The molecule has 0 saturated carbocycles. The van der Waals surface area contributed by atoms with Gasteiger partial charge in [-0.05, 0) is 49.9 Å². The highest BCUT2D eigenvalue weighted by molar-refractivity contribution is 5.89. The summed E-state index contributed by atoms with van der Waals surface area (Å²) < 4.78 is 19.0. The van der Waals surface area contributed by atoms with Crippen molar-refractivity contribution in [2.24, 2.45) is 0 Å². The Morgan fingerprint density at radius 1 is 1.20 bits per heavy atom.